The zero-order valence-electron chi connectivity index (χ0n) is 10.8. The minimum atomic E-state index is -0.291. The van der Waals surface area contributed by atoms with Crippen molar-refractivity contribution < 1.29 is 9.59 Å². The summed E-state index contributed by atoms with van der Waals surface area (Å²) in [7, 11) is 0. The number of fused-ring (bicyclic) bond motifs is 3. The van der Waals surface area contributed by atoms with Crippen LogP contribution < -0.4 is 11.5 Å². The molecule has 1 heterocycles. The smallest absolute Gasteiger partial charge is 0.196 e. The molecule has 0 amide bonds. The molecule has 0 saturated carbocycles. The highest BCUT2D eigenvalue weighted by atomic mass is 16.1. The zero-order chi connectivity index (χ0) is 14.7. The Morgan fingerprint density at radius 1 is 0.905 bits per heavy atom. The lowest BCUT2D eigenvalue weighted by molar-refractivity contribution is 0.0980. The molecule has 0 bridgehead atoms. The van der Waals surface area contributed by atoms with E-state index in [1.165, 1.54) is 6.20 Å². The Kier molecular flexibility index (Phi) is 2.05. The van der Waals surface area contributed by atoms with Gasteiger partial charge in [-0.25, -0.2) is 0 Å². The molecule has 21 heavy (non-hydrogen) atoms. The van der Waals surface area contributed by atoms with Crippen LogP contribution in [0.5, 0.6) is 0 Å². The fraction of sp³-hybridized carbons (Fsp3) is 0. The molecule has 4 rings (SSSR count). The molecule has 1 aliphatic carbocycles. The lowest BCUT2D eigenvalue weighted by Crippen LogP contribution is -2.24. The molecule has 0 saturated heterocycles. The third-order valence-electron chi connectivity index (χ3n) is 3.86. The number of hydrogen-bond donors (Lipinski definition) is 3. The Hall–Kier alpha value is -3.15. The first-order valence-electron chi connectivity index (χ1n) is 6.33. The Morgan fingerprint density at radius 3 is 2.10 bits per heavy atom. The Balaban J connectivity index is 2.20. The zero-order valence-corrected chi connectivity index (χ0v) is 10.8. The van der Waals surface area contributed by atoms with E-state index in [2.05, 4.69) is 10.2 Å². The van der Waals surface area contributed by atoms with Gasteiger partial charge in [-0.05, 0) is 0 Å². The highest BCUT2D eigenvalue weighted by Crippen LogP contribution is 2.39. The van der Waals surface area contributed by atoms with E-state index >= 15 is 0 Å². The molecule has 6 heteroatoms. The molecule has 1 aliphatic rings. The average Bonchev–Trinajstić information content (AvgIpc) is 2.98. The van der Waals surface area contributed by atoms with Gasteiger partial charge >= 0.3 is 0 Å². The summed E-state index contributed by atoms with van der Waals surface area (Å²) in [6.45, 7) is 0. The molecule has 5 N–H and O–H groups in total. The third kappa shape index (κ3) is 1.28. The van der Waals surface area contributed by atoms with Gasteiger partial charge in [-0.2, -0.15) is 5.10 Å². The first-order chi connectivity index (χ1) is 10.1. The minimum absolute atomic E-state index is 0.160. The summed E-state index contributed by atoms with van der Waals surface area (Å²) in [6, 6.07) is 6.66. The van der Waals surface area contributed by atoms with Gasteiger partial charge < -0.3 is 11.5 Å². The number of carbonyl (C=O) groups is 2. The van der Waals surface area contributed by atoms with E-state index in [4.69, 9.17) is 11.5 Å². The van der Waals surface area contributed by atoms with Crippen LogP contribution in [0.3, 0.4) is 0 Å². The molecule has 0 fully saturated rings. The van der Waals surface area contributed by atoms with E-state index in [9.17, 15) is 9.59 Å². The first-order valence-corrected chi connectivity index (χ1v) is 6.33. The van der Waals surface area contributed by atoms with Gasteiger partial charge in [0, 0.05) is 16.5 Å². The summed E-state index contributed by atoms with van der Waals surface area (Å²) in [5, 5.41) is 7.15. The molecular weight excluding hydrogens is 268 g/mol. The number of rotatable bonds is 0. The van der Waals surface area contributed by atoms with E-state index in [0.717, 1.165) is 0 Å². The summed E-state index contributed by atoms with van der Waals surface area (Å²) < 4.78 is 0. The molecule has 0 unspecified atom stereocenters. The molecule has 0 radical (unpaired) electrons. The molecule has 1 aromatic heterocycles. The number of carbonyl (C=O) groups excluding carboxylic acids is 2. The van der Waals surface area contributed by atoms with Crippen LogP contribution in [-0.2, 0) is 0 Å². The number of nitrogen functional groups attached to an aromatic ring is 2. The molecule has 2 aromatic carbocycles. The van der Waals surface area contributed by atoms with Gasteiger partial charge in [-0.1, -0.05) is 24.3 Å². The summed E-state index contributed by atoms with van der Waals surface area (Å²) in [6.07, 6.45) is 1.50. The number of benzene rings is 2. The highest BCUT2D eigenvalue weighted by Gasteiger charge is 2.34. The predicted octanol–water partition coefficient (Wildman–Crippen LogP) is 1.50. The second-order valence-corrected chi connectivity index (χ2v) is 4.94. The van der Waals surface area contributed by atoms with Crippen molar-refractivity contribution in [1.29, 1.82) is 0 Å². The normalized spacial score (nSPS) is 13.3. The molecule has 0 atom stereocenters. The van der Waals surface area contributed by atoms with Gasteiger partial charge in [0.1, 0.15) is 0 Å². The summed E-state index contributed by atoms with van der Waals surface area (Å²) in [4.78, 5) is 25.3. The fourth-order valence-electron chi connectivity index (χ4n) is 2.84. The van der Waals surface area contributed by atoms with Crippen molar-refractivity contribution in [3.63, 3.8) is 0 Å². The van der Waals surface area contributed by atoms with Crippen molar-refractivity contribution in [2.75, 3.05) is 11.5 Å². The van der Waals surface area contributed by atoms with Crippen molar-refractivity contribution >= 4 is 33.8 Å². The van der Waals surface area contributed by atoms with Crippen LogP contribution in [0, 0.1) is 0 Å². The van der Waals surface area contributed by atoms with Gasteiger partial charge in [0.2, 0.25) is 0 Å². The molecule has 3 aromatic rings. The first kappa shape index (κ1) is 11.7. The number of anilines is 2. The molecule has 102 valence electrons. The van der Waals surface area contributed by atoms with Gasteiger partial charge in [-0.3, -0.25) is 14.7 Å². The number of aromatic nitrogens is 2. The summed E-state index contributed by atoms with van der Waals surface area (Å²) in [5.41, 5.74) is 14.1. The molecular formula is C15H10N4O2. The van der Waals surface area contributed by atoms with E-state index < -0.39 is 0 Å². The van der Waals surface area contributed by atoms with Crippen molar-refractivity contribution in [1.82, 2.24) is 10.2 Å². The van der Waals surface area contributed by atoms with Crippen LogP contribution in [0.2, 0.25) is 0 Å². The Bertz CT molecular complexity index is 881. The Morgan fingerprint density at radius 2 is 1.48 bits per heavy atom. The third-order valence-corrected chi connectivity index (χ3v) is 3.86. The van der Waals surface area contributed by atoms with Crippen LogP contribution in [0.4, 0.5) is 11.4 Å². The van der Waals surface area contributed by atoms with Gasteiger partial charge in [-0.15, -0.1) is 0 Å². The van der Waals surface area contributed by atoms with Crippen LogP contribution >= 0.6 is 0 Å². The van der Waals surface area contributed by atoms with Gasteiger partial charge in [0.25, 0.3) is 0 Å². The SMILES string of the molecule is Nc1c2c(c(N)c3[nH]ncc13)C(=O)c1ccccc1C2=O. The monoisotopic (exact) mass is 278 g/mol. The molecule has 0 aliphatic heterocycles. The number of H-pyrrole nitrogens is 1. The number of nitrogens with two attached hydrogens (primary N) is 2. The second-order valence-electron chi connectivity index (χ2n) is 4.94. The number of aromatic amines is 1. The maximum atomic E-state index is 12.7. The van der Waals surface area contributed by atoms with Crippen molar-refractivity contribution in [3.05, 3.63) is 52.7 Å². The average molecular weight is 278 g/mol. The number of ketones is 2. The summed E-state index contributed by atoms with van der Waals surface area (Å²) in [5.74, 6) is -0.576. The Labute approximate surface area is 118 Å². The number of nitrogens with zero attached hydrogens (tertiary/aromatic N) is 1. The van der Waals surface area contributed by atoms with Crippen molar-refractivity contribution in [3.8, 4) is 0 Å². The topological polar surface area (TPSA) is 115 Å². The van der Waals surface area contributed by atoms with Gasteiger partial charge in [0.05, 0.1) is 34.2 Å². The molecule has 6 nitrogen and oxygen atoms in total. The van der Waals surface area contributed by atoms with Crippen LogP contribution in [0.15, 0.2) is 30.5 Å². The summed E-state index contributed by atoms with van der Waals surface area (Å²) >= 11 is 0. The fourth-order valence-corrected chi connectivity index (χ4v) is 2.84. The number of hydrogen-bond acceptors (Lipinski definition) is 5. The predicted molar refractivity (Wildman–Crippen MR) is 78.2 cm³/mol. The van der Waals surface area contributed by atoms with E-state index in [-0.39, 0.29) is 34.1 Å². The highest BCUT2D eigenvalue weighted by molar-refractivity contribution is 6.34. The van der Waals surface area contributed by atoms with Crippen LogP contribution in [0.1, 0.15) is 31.8 Å². The van der Waals surface area contributed by atoms with E-state index in [1.54, 1.807) is 24.3 Å². The van der Waals surface area contributed by atoms with Crippen molar-refractivity contribution in [2.45, 2.75) is 0 Å². The quantitative estimate of drug-likeness (QED) is 0.333. The van der Waals surface area contributed by atoms with E-state index in [1.807, 2.05) is 0 Å². The lowest BCUT2D eigenvalue weighted by atomic mass is 9.81. The minimum Gasteiger partial charge on any atom is -0.398 e. The maximum Gasteiger partial charge on any atom is 0.196 e. The van der Waals surface area contributed by atoms with Crippen LogP contribution in [-0.4, -0.2) is 21.8 Å². The largest absolute Gasteiger partial charge is 0.398 e. The van der Waals surface area contributed by atoms with Crippen LogP contribution in [0.25, 0.3) is 10.9 Å². The lowest BCUT2D eigenvalue weighted by Gasteiger charge is -2.20. The molecule has 0 spiro atoms. The standard InChI is InChI=1S/C15H10N4O2/c16-11-8-5-18-19-13(8)12(17)10-9(11)14(20)6-3-1-2-4-7(6)15(10)21/h1-5H,16-17H2,(H,18,19). The van der Waals surface area contributed by atoms with Crippen molar-refractivity contribution in [2.24, 2.45) is 0 Å². The number of nitrogens with one attached hydrogen (secondary N) is 1. The van der Waals surface area contributed by atoms with Gasteiger partial charge in [0.15, 0.2) is 11.6 Å². The maximum absolute atomic E-state index is 12.7. The second kappa shape index (κ2) is 3.69. The van der Waals surface area contributed by atoms with E-state index in [0.29, 0.717) is 22.0 Å².